The number of nitrogens with zero attached hydrogens (tertiary/aromatic N) is 2. The monoisotopic (exact) mass is 358 g/mol. The van der Waals surface area contributed by atoms with E-state index < -0.39 is 0 Å². The van der Waals surface area contributed by atoms with Crippen LogP contribution in [-0.2, 0) is 0 Å². The van der Waals surface area contributed by atoms with E-state index >= 15 is 0 Å². The highest BCUT2D eigenvalue weighted by atomic mass is 79.9. The fourth-order valence-corrected chi connectivity index (χ4v) is 2.83. The van der Waals surface area contributed by atoms with Crippen LogP contribution in [0.2, 0.25) is 5.15 Å². The molecule has 2 aromatic carbocycles. The number of halogens is 2. The van der Waals surface area contributed by atoms with Gasteiger partial charge < -0.3 is 4.42 Å². The lowest BCUT2D eigenvalue weighted by atomic mass is 10.1. The maximum absolute atomic E-state index is 6.28. The molecule has 0 aliphatic carbocycles. The molecule has 0 radical (unpaired) electrons. The fraction of sp³-hybridized carbons (Fsp3) is 0. The molecule has 102 valence electrons. The number of hydrogen-bond donors (Lipinski definition) is 0. The van der Waals surface area contributed by atoms with Crippen molar-refractivity contribution in [3.8, 4) is 11.5 Å². The molecule has 21 heavy (non-hydrogen) atoms. The summed E-state index contributed by atoms with van der Waals surface area (Å²) in [6.45, 7) is 0. The third kappa shape index (κ3) is 2.20. The predicted molar refractivity (Wildman–Crippen MR) is 87.5 cm³/mol. The average molecular weight is 360 g/mol. The van der Waals surface area contributed by atoms with E-state index in [0.717, 1.165) is 26.5 Å². The van der Waals surface area contributed by atoms with Gasteiger partial charge in [0.1, 0.15) is 10.7 Å². The lowest BCUT2D eigenvalue weighted by Gasteiger charge is -2.02. The number of rotatable bonds is 1. The van der Waals surface area contributed by atoms with Crippen molar-refractivity contribution in [2.45, 2.75) is 0 Å². The van der Waals surface area contributed by atoms with Crippen molar-refractivity contribution in [1.29, 1.82) is 0 Å². The molecule has 2 heterocycles. The molecule has 0 bridgehead atoms. The Morgan fingerprint density at radius 2 is 1.81 bits per heavy atom. The lowest BCUT2D eigenvalue weighted by Crippen LogP contribution is -1.85. The molecule has 0 saturated heterocycles. The minimum absolute atomic E-state index is 0.388. The summed E-state index contributed by atoms with van der Waals surface area (Å²) in [7, 11) is 0. The molecule has 3 nitrogen and oxygen atoms in total. The standard InChI is InChI=1S/C16H8BrClN2O/c17-10-5-6-14-13(8-10)20-16(21-14)11-7-9-3-1-2-4-12(9)19-15(11)18/h1-8H. The molecule has 0 saturated carbocycles. The largest absolute Gasteiger partial charge is 0.436 e. The molecule has 0 amide bonds. The van der Waals surface area contributed by atoms with E-state index in [0.29, 0.717) is 16.6 Å². The van der Waals surface area contributed by atoms with E-state index in [2.05, 4.69) is 25.9 Å². The van der Waals surface area contributed by atoms with Gasteiger partial charge in [0.15, 0.2) is 5.58 Å². The number of para-hydroxylation sites is 1. The van der Waals surface area contributed by atoms with Crippen LogP contribution in [0.5, 0.6) is 0 Å². The van der Waals surface area contributed by atoms with Crippen LogP contribution in [0.1, 0.15) is 0 Å². The molecule has 2 aromatic heterocycles. The molecular formula is C16H8BrClN2O. The van der Waals surface area contributed by atoms with Gasteiger partial charge >= 0.3 is 0 Å². The third-order valence-corrected chi connectivity index (χ3v) is 4.04. The van der Waals surface area contributed by atoms with Crippen LogP contribution < -0.4 is 0 Å². The average Bonchev–Trinajstić information content (AvgIpc) is 2.89. The number of hydrogen-bond acceptors (Lipinski definition) is 3. The van der Waals surface area contributed by atoms with Crippen molar-refractivity contribution in [1.82, 2.24) is 9.97 Å². The summed E-state index contributed by atoms with van der Waals surface area (Å²) >= 11 is 9.70. The summed E-state index contributed by atoms with van der Waals surface area (Å²) in [5.74, 6) is 0.478. The first-order valence-corrected chi connectivity index (χ1v) is 7.49. The summed E-state index contributed by atoms with van der Waals surface area (Å²) in [4.78, 5) is 8.89. The normalized spacial score (nSPS) is 11.3. The Balaban J connectivity index is 1.96. The zero-order chi connectivity index (χ0) is 14.4. The second-order valence-electron chi connectivity index (χ2n) is 4.65. The van der Waals surface area contributed by atoms with Gasteiger partial charge in [0.2, 0.25) is 5.89 Å². The maximum atomic E-state index is 6.28. The van der Waals surface area contributed by atoms with Crippen LogP contribution in [0.15, 0.2) is 57.4 Å². The van der Waals surface area contributed by atoms with Crippen molar-refractivity contribution >= 4 is 49.5 Å². The topological polar surface area (TPSA) is 38.9 Å². The van der Waals surface area contributed by atoms with E-state index in [1.807, 2.05) is 48.5 Å². The molecule has 0 unspecified atom stereocenters. The Kier molecular flexibility index (Phi) is 2.94. The maximum Gasteiger partial charge on any atom is 0.230 e. The van der Waals surface area contributed by atoms with E-state index in [4.69, 9.17) is 16.0 Å². The first kappa shape index (κ1) is 12.8. The molecule has 0 spiro atoms. The van der Waals surface area contributed by atoms with Gasteiger partial charge in [-0.15, -0.1) is 0 Å². The molecule has 4 aromatic rings. The van der Waals surface area contributed by atoms with Gasteiger partial charge in [-0.25, -0.2) is 9.97 Å². The summed E-state index contributed by atoms with van der Waals surface area (Å²) in [6.07, 6.45) is 0. The quantitative estimate of drug-likeness (QED) is 0.424. The van der Waals surface area contributed by atoms with Crippen LogP contribution in [0.4, 0.5) is 0 Å². The Labute approximate surface area is 133 Å². The first-order chi connectivity index (χ1) is 10.2. The van der Waals surface area contributed by atoms with E-state index in [1.165, 1.54) is 0 Å². The minimum atomic E-state index is 0.388. The van der Waals surface area contributed by atoms with Crippen LogP contribution >= 0.6 is 27.5 Å². The van der Waals surface area contributed by atoms with Crippen molar-refractivity contribution in [3.05, 3.63) is 58.2 Å². The second kappa shape index (κ2) is 4.83. The smallest absolute Gasteiger partial charge is 0.230 e. The van der Waals surface area contributed by atoms with Crippen molar-refractivity contribution in [2.75, 3.05) is 0 Å². The molecule has 4 rings (SSSR count). The summed E-state index contributed by atoms with van der Waals surface area (Å²) < 4.78 is 6.74. The summed E-state index contributed by atoms with van der Waals surface area (Å²) in [5, 5.41) is 1.39. The highest BCUT2D eigenvalue weighted by molar-refractivity contribution is 9.10. The highest BCUT2D eigenvalue weighted by Gasteiger charge is 2.14. The fourth-order valence-electron chi connectivity index (χ4n) is 2.26. The zero-order valence-corrected chi connectivity index (χ0v) is 13.0. The number of pyridine rings is 1. The van der Waals surface area contributed by atoms with Gasteiger partial charge in [0.05, 0.1) is 11.1 Å². The Morgan fingerprint density at radius 1 is 0.952 bits per heavy atom. The van der Waals surface area contributed by atoms with Crippen LogP contribution in [-0.4, -0.2) is 9.97 Å². The van der Waals surface area contributed by atoms with Gasteiger partial charge in [0, 0.05) is 9.86 Å². The van der Waals surface area contributed by atoms with Gasteiger partial charge in [-0.05, 0) is 30.3 Å². The van der Waals surface area contributed by atoms with Gasteiger partial charge in [-0.1, -0.05) is 45.7 Å². The third-order valence-electron chi connectivity index (χ3n) is 3.26. The number of fused-ring (bicyclic) bond motifs is 2. The van der Waals surface area contributed by atoms with Crippen LogP contribution in [0.3, 0.4) is 0 Å². The first-order valence-electron chi connectivity index (χ1n) is 6.32. The molecule has 0 aliphatic rings. The molecule has 0 atom stereocenters. The molecule has 0 aliphatic heterocycles. The second-order valence-corrected chi connectivity index (χ2v) is 5.92. The molecule has 0 N–H and O–H groups in total. The van der Waals surface area contributed by atoms with Crippen molar-refractivity contribution in [3.63, 3.8) is 0 Å². The Hall–Kier alpha value is -1.91. The number of aromatic nitrogens is 2. The zero-order valence-electron chi connectivity index (χ0n) is 10.7. The van der Waals surface area contributed by atoms with E-state index in [1.54, 1.807) is 0 Å². The Morgan fingerprint density at radius 3 is 2.71 bits per heavy atom. The minimum Gasteiger partial charge on any atom is -0.436 e. The summed E-state index contributed by atoms with van der Waals surface area (Å²) in [6, 6.07) is 15.5. The van der Waals surface area contributed by atoms with Crippen LogP contribution in [0, 0.1) is 0 Å². The Bertz CT molecular complexity index is 981. The number of benzene rings is 2. The number of oxazole rings is 1. The van der Waals surface area contributed by atoms with E-state index in [-0.39, 0.29) is 0 Å². The molecule has 5 heteroatoms. The van der Waals surface area contributed by atoms with Gasteiger partial charge in [-0.3, -0.25) is 0 Å². The van der Waals surface area contributed by atoms with Gasteiger partial charge in [0.25, 0.3) is 0 Å². The highest BCUT2D eigenvalue weighted by Crippen LogP contribution is 2.32. The lowest BCUT2D eigenvalue weighted by molar-refractivity contribution is 0.619. The van der Waals surface area contributed by atoms with E-state index in [9.17, 15) is 0 Å². The van der Waals surface area contributed by atoms with Crippen molar-refractivity contribution < 1.29 is 4.42 Å². The molecular weight excluding hydrogens is 352 g/mol. The SMILES string of the molecule is Clc1nc2ccccc2cc1-c1nc2cc(Br)ccc2o1. The molecule has 0 fully saturated rings. The van der Waals surface area contributed by atoms with Crippen molar-refractivity contribution in [2.24, 2.45) is 0 Å². The summed E-state index contributed by atoms with van der Waals surface area (Å²) in [5.41, 5.74) is 3.05. The van der Waals surface area contributed by atoms with Gasteiger partial charge in [-0.2, -0.15) is 0 Å². The van der Waals surface area contributed by atoms with Crippen LogP contribution in [0.25, 0.3) is 33.5 Å². The predicted octanol–water partition coefficient (Wildman–Crippen LogP) is 5.46.